The Labute approximate surface area is 120 Å². The van der Waals surface area contributed by atoms with Gasteiger partial charge in [0.1, 0.15) is 0 Å². The van der Waals surface area contributed by atoms with Crippen LogP contribution in [0.25, 0.3) is 0 Å². The Bertz CT molecular complexity index is 660. The van der Waals surface area contributed by atoms with Crippen LogP contribution in [-0.4, -0.2) is 5.91 Å². The quantitative estimate of drug-likeness (QED) is 0.863. The molecule has 0 saturated carbocycles. The van der Waals surface area contributed by atoms with Crippen molar-refractivity contribution in [1.29, 1.82) is 0 Å². The maximum absolute atomic E-state index is 12.8. The molecule has 0 unspecified atom stereocenters. The van der Waals surface area contributed by atoms with Gasteiger partial charge in [-0.05, 0) is 43.7 Å². The second-order valence-electron chi connectivity index (χ2n) is 4.85. The number of benzene rings is 2. The van der Waals surface area contributed by atoms with E-state index in [0.717, 1.165) is 11.6 Å². The zero-order valence-corrected chi connectivity index (χ0v) is 11.6. The molecule has 5 heteroatoms. The molecule has 1 N–H and O–H groups in total. The molecule has 0 spiro atoms. The fourth-order valence-corrected chi connectivity index (χ4v) is 1.91. The second kappa shape index (κ2) is 5.60. The van der Waals surface area contributed by atoms with Crippen LogP contribution in [0.1, 0.15) is 27.0 Å². The Morgan fingerprint density at radius 3 is 2.19 bits per heavy atom. The van der Waals surface area contributed by atoms with Crippen LogP contribution < -0.4 is 5.32 Å². The lowest BCUT2D eigenvalue weighted by molar-refractivity contribution is -0.138. The maximum atomic E-state index is 12.8. The minimum absolute atomic E-state index is 0.121. The molecule has 110 valence electrons. The van der Waals surface area contributed by atoms with Crippen molar-refractivity contribution in [3.8, 4) is 0 Å². The van der Waals surface area contributed by atoms with Gasteiger partial charge in [-0.2, -0.15) is 13.2 Å². The molecule has 2 aromatic rings. The zero-order valence-electron chi connectivity index (χ0n) is 11.6. The fourth-order valence-electron chi connectivity index (χ4n) is 1.91. The molecular weight excluding hydrogens is 279 g/mol. The van der Waals surface area contributed by atoms with Crippen LogP contribution in [0, 0.1) is 13.8 Å². The molecule has 2 rings (SSSR count). The summed E-state index contributed by atoms with van der Waals surface area (Å²) >= 11 is 0. The predicted octanol–water partition coefficient (Wildman–Crippen LogP) is 4.57. The first-order valence-corrected chi connectivity index (χ1v) is 6.33. The van der Waals surface area contributed by atoms with E-state index in [1.807, 2.05) is 6.92 Å². The molecule has 0 heterocycles. The van der Waals surface area contributed by atoms with E-state index in [0.29, 0.717) is 5.56 Å². The average Bonchev–Trinajstić information content (AvgIpc) is 2.40. The van der Waals surface area contributed by atoms with Gasteiger partial charge in [-0.3, -0.25) is 4.79 Å². The minimum Gasteiger partial charge on any atom is -0.322 e. The molecule has 21 heavy (non-hydrogen) atoms. The summed E-state index contributed by atoms with van der Waals surface area (Å²) in [5.41, 5.74) is 0.898. The molecule has 2 nitrogen and oxygen atoms in total. The third-order valence-electron chi connectivity index (χ3n) is 3.11. The summed E-state index contributed by atoms with van der Waals surface area (Å²) in [4.78, 5) is 12.0. The number of aryl methyl sites for hydroxylation is 2. The van der Waals surface area contributed by atoms with Gasteiger partial charge in [0, 0.05) is 11.3 Å². The molecule has 0 aliphatic rings. The first kappa shape index (κ1) is 15.1. The van der Waals surface area contributed by atoms with E-state index in [1.165, 1.54) is 19.1 Å². The van der Waals surface area contributed by atoms with Crippen LogP contribution in [-0.2, 0) is 6.18 Å². The highest BCUT2D eigenvalue weighted by molar-refractivity contribution is 6.04. The third kappa shape index (κ3) is 3.62. The van der Waals surface area contributed by atoms with Crippen LogP contribution in [0.4, 0.5) is 18.9 Å². The Morgan fingerprint density at radius 2 is 1.62 bits per heavy atom. The molecule has 0 bridgehead atoms. The largest absolute Gasteiger partial charge is 0.416 e. The average molecular weight is 293 g/mol. The normalized spacial score (nSPS) is 11.3. The van der Waals surface area contributed by atoms with Gasteiger partial charge >= 0.3 is 6.18 Å². The van der Waals surface area contributed by atoms with Crippen molar-refractivity contribution in [1.82, 2.24) is 0 Å². The molecule has 2 aromatic carbocycles. The summed E-state index contributed by atoms with van der Waals surface area (Å²) < 4.78 is 38.5. The number of hydrogen-bond donors (Lipinski definition) is 1. The monoisotopic (exact) mass is 293 g/mol. The van der Waals surface area contributed by atoms with Crippen LogP contribution in [0.3, 0.4) is 0 Å². The lowest BCUT2D eigenvalue weighted by atomic mass is 10.1. The third-order valence-corrected chi connectivity index (χ3v) is 3.11. The van der Waals surface area contributed by atoms with Crippen molar-refractivity contribution < 1.29 is 18.0 Å². The lowest BCUT2D eigenvalue weighted by Crippen LogP contribution is -2.14. The van der Waals surface area contributed by atoms with E-state index in [9.17, 15) is 18.0 Å². The summed E-state index contributed by atoms with van der Waals surface area (Å²) in [7, 11) is 0. The van der Waals surface area contributed by atoms with Crippen LogP contribution in [0.15, 0.2) is 42.5 Å². The summed E-state index contributed by atoms with van der Waals surface area (Å²) in [6.45, 7) is 3.27. The lowest BCUT2D eigenvalue weighted by Gasteiger charge is -2.13. The molecular formula is C16H14F3NO. The van der Waals surface area contributed by atoms with Crippen molar-refractivity contribution in [2.24, 2.45) is 0 Å². The number of rotatable bonds is 2. The molecule has 0 atom stereocenters. The smallest absolute Gasteiger partial charge is 0.322 e. The van der Waals surface area contributed by atoms with Crippen molar-refractivity contribution in [2.75, 3.05) is 5.32 Å². The predicted molar refractivity (Wildman–Crippen MR) is 75.3 cm³/mol. The summed E-state index contributed by atoms with van der Waals surface area (Å²) in [5, 5.41) is 2.48. The van der Waals surface area contributed by atoms with Gasteiger partial charge in [0.15, 0.2) is 0 Å². The van der Waals surface area contributed by atoms with Gasteiger partial charge in [0.05, 0.1) is 5.56 Å². The number of anilines is 1. The first-order chi connectivity index (χ1) is 9.77. The van der Waals surface area contributed by atoms with Gasteiger partial charge in [0.25, 0.3) is 5.91 Å². The van der Waals surface area contributed by atoms with Crippen LogP contribution >= 0.6 is 0 Å². The van der Waals surface area contributed by atoms with E-state index < -0.39 is 17.6 Å². The van der Waals surface area contributed by atoms with Gasteiger partial charge < -0.3 is 5.32 Å². The van der Waals surface area contributed by atoms with Gasteiger partial charge in [-0.1, -0.05) is 23.8 Å². The number of halogens is 3. The molecule has 1 amide bonds. The number of hydrogen-bond acceptors (Lipinski definition) is 1. The van der Waals surface area contributed by atoms with Crippen molar-refractivity contribution in [2.45, 2.75) is 20.0 Å². The Hall–Kier alpha value is -2.30. The highest BCUT2D eigenvalue weighted by Crippen LogP contribution is 2.33. The summed E-state index contributed by atoms with van der Waals surface area (Å²) in [6, 6.07) is 10.5. The Morgan fingerprint density at radius 1 is 1.00 bits per heavy atom. The SMILES string of the molecule is Cc1ccc(C(=O)Nc2ccc(C)c(C(F)(F)F)c2)cc1. The Kier molecular flexibility index (Phi) is 4.02. The van der Waals surface area contributed by atoms with Crippen molar-refractivity contribution in [3.63, 3.8) is 0 Å². The van der Waals surface area contributed by atoms with Crippen LogP contribution in [0.2, 0.25) is 0 Å². The number of alkyl halides is 3. The fraction of sp³-hybridized carbons (Fsp3) is 0.188. The molecule has 0 aromatic heterocycles. The molecule has 0 radical (unpaired) electrons. The standard InChI is InChI=1S/C16H14F3NO/c1-10-3-6-12(7-4-10)15(21)20-13-8-5-11(2)14(9-13)16(17,18)19/h3-9H,1-2H3,(H,20,21). The van der Waals surface area contributed by atoms with Gasteiger partial charge in [0.2, 0.25) is 0 Å². The number of amides is 1. The van der Waals surface area contributed by atoms with E-state index in [1.54, 1.807) is 24.3 Å². The van der Waals surface area contributed by atoms with Gasteiger partial charge in [-0.15, -0.1) is 0 Å². The molecule has 0 aliphatic heterocycles. The maximum Gasteiger partial charge on any atom is 0.416 e. The summed E-state index contributed by atoms with van der Waals surface area (Å²) in [6.07, 6.45) is -4.44. The molecule has 0 saturated heterocycles. The highest BCUT2D eigenvalue weighted by Gasteiger charge is 2.32. The second-order valence-corrected chi connectivity index (χ2v) is 4.85. The minimum atomic E-state index is -4.44. The summed E-state index contributed by atoms with van der Waals surface area (Å²) in [5.74, 6) is -0.438. The van der Waals surface area contributed by atoms with Crippen molar-refractivity contribution >= 4 is 11.6 Å². The van der Waals surface area contributed by atoms with Crippen molar-refractivity contribution in [3.05, 3.63) is 64.7 Å². The topological polar surface area (TPSA) is 29.1 Å². The Balaban J connectivity index is 2.24. The number of carbonyl (C=O) groups excluding carboxylic acids is 1. The van der Waals surface area contributed by atoms with E-state index in [-0.39, 0.29) is 11.3 Å². The first-order valence-electron chi connectivity index (χ1n) is 6.33. The van der Waals surface area contributed by atoms with E-state index in [2.05, 4.69) is 5.32 Å². The van der Waals surface area contributed by atoms with E-state index in [4.69, 9.17) is 0 Å². The van der Waals surface area contributed by atoms with E-state index >= 15 is 0 Å². The highest BCUT2D eigenvalue weighted by atomic mass is 19.4. The number of nitrogens with one attached hydrogen (secondary N) is 1. The molecule has 0 aliphatic carbocycles. The van der Waals surface area contributed by atoms with Gasteiger partial charge in [-0.25, -0.2) is 0 Å². The zero-order chi connectivity index (χ0) is 15.6. The number of carbonyl (C=O) groups is 1. The van der Waals surface area contributed by atoms with Crippen LogP contribution in [0.5, 0.6) is 0 Å². The molecule has 0 fully saturated rings.